The summed E-state index contributed by atoms with van der Waals surface area (Å²) in [6.45, 7) is 0. The summed E-state index contributed by atoms with van der Waals surface area (Å²) in [6, 6.07) is 11.1. The van der Waals surface area contributed by atoms with Gasteiger partial charge in [0.05, 0.1) is 0 Å². The van der Waals surface area contributed by atoms with Crippen molar-refractivity contribution in [2.75, 3.05) is 0 Å². The van der Waals surface area contributed by atoms with Gasteiger partial charge in [-0.3, -0.25) is 4.79 Å². The highest BCUT2D eigenvalue weighted by Gasteiger charge is 2.18. The second-order valence-corrected chi connectivity index (χ2v) is 4.06. The molecule has 3 rings (SSSR count). The molecule has 3 aromatic rings. The minimum atomic E-state index is -1.01. The Bertz CT molecular complexity index is 807. The standard InChI is InChI=1S/C15H8F2O2/c16-10-7-4-8-11-13(10)14(18)12(15(17)19-11)9-5-2-1-3-6-9/h1-8H. The van der Waals surface area contributed by atoms with Crippen molar-refractivity contribution >= 4 is 11.0 Å². The fraction of sp³-hybridized carbons (Fsp3) is 0. The van der Waals surface area contributed by atoms with Gasteiger partial charge in [-0.15, -0.1) is 0 Å². The molecule has 0 bridgehead atoms. The molecule has 4 heteroatoms. The van der Waals surface area contributed by atoms with E-state index in [9.17, 15) is 13.6 Å². The fourth-order valence-corrected chi connectivity index (χ4v) is 2.02. The Kier molecular flexibility index (Phi) is 2.63. The predicted octanol–water partition coefficient (Wildman–Crippen LogP) is 3.74. The third-order valence-corrected chi connectivity index (χ3v) is 2.89. The monoisotopic (exact) mass is 258 g/mol. The topological polar surface area (TPSA) is 30.2 Å². The van der Waals surface area contributed by atoms with Crippen LogP contribution < -0.4 is 5.43 Å². The zero-order valence-corrected chi connectivity index (χ0v) is 9.69. The first-order valence-corrected chi connectivity index (χ1v) is 5.65. The third-order valence-electron chi connectivity index (χ3n) is 2.89. The number of hydrogen-bond acceptors (Lipinski definition) is 2. The lowest BCUT2D eigenvalue weighted by Gasteiger charge is -2.04. The van der Waals surface area contributed by atoms with Crippen molar-refractivity contribution in [2.45, 2.75) is 0 Å². The Morgan fingerprint density at radius 3 is 2.37 bits per heavy atom. The van der Waals surface area contributed by atoms with Crippen LogP contribution in [0.1, 0.15) is 0 Å². The molecule has 0 unspecified atom stereocenters. The van der Waals surface area contributed by atoms with Gasteiger partial charge >= 0.3 is 0 Å². The average molecular weight is 258 g/mol. The van der Waals surface area contributed by atoms with Gasteiger partial charge in [-0.25, -0.2) is 4.39 Å². The van der Waals surface area contributed by atoms with Crippen LogP contribution in [0.4, 0.5) is 8.78 Å². The van der Waals surface area contributed by atoms with E-state index in [0.717, 1.165) is 6.07 Å². The van der Waals surface area contributed by atoms with E-state index >= 15 is 0 Å². The first-order chi connectivity index (χ1) is 9.18. The molecule has 0 N–H and O–H groups in total. The Morgan fingerprint density at radius 2 is 1.63 bits per heavy atom. The van der Waals surface area contributed by atoms with Crippen LogP contribution in [0.5, 0.6) is 0 Å². The normalized spacial score (nSPS) is 10.8. The van der Waals surface area contributed by atoms with Gasteiger partial charge in [0, 0.05) is 0 Å². The zero-order valence-electron chi connectivity index (χ0n) is 9.69. The molecule has 2 aromatic carbocycles. The molecule has 0 atom stereocenters. The molecule has 0 spiro atoms. The summed E-state index contributed by atoms with van der Waals surface area (Å²) in [4.78, 5) is 12.2. The summed E-state index contributed by atoms with van der Waals surface area (Å²) < 4.78 is 32.5. The SMILES string of the molecule is O=c1c(-c2ccccc2)c(F)oc2cccc(F)c12. The highest BCUT2D eigenvalue weighted by Crippen LogP contribution is 2.24. The lowest BCUT2D eigenvalue weighted by atomic mass is 10.1. The van der Waals surface area contributed by atoms with Crippen molar-refractivity contribution in [3.63, 3.8) is 0 Å². The van der Waals surface area contributed by atoms with E-state index in [2.05, 4.69) is 0 Å². The van der Waals surface area contributed by atoms with Crippen LogP contribution in [0.25, 0.3) is 22.1 Å². The van der Waals surface area contributed by atoms with Gasteiger partial charge in [-0.2, -0.15) is 4.39 Å². The van der Waals surface area contributed by atoms with Crippen molar-refractivity contribution < 1.29 is 13.2 Å². The molecule has 0 aliphatic carbocycles. The second-order valence-electron chi connectivity index (χ2n) is 4.06. The molecule has 1 aromatic heterocycles. The molecule has 0 radical (unpaired) electrons. The van der Waals surface area contributed by atoms with E-state index in [4.69, 9.17) is 4.42 Å². The minimum Gasteiger partial charge on any atom is -0.430 e. The smallest absolute Gasteiger partial charge is 0.290 e. The predicted molar refractivity (Wildman–Crippen MR) is 67.8 cm³/mol. The molecule has 19 heavy (non-hydrogen) atoms. The van der Waals surface area contributed by atoms with Gasteiger partial charge in [-0.05, 0) is 17.7 Å². The summed E-state index contributed by atoms with van der Waals surface area (Å²) in [5.74, 6) is -0.719. The number of benzene rings is 2. The summed E-state index contributed by atoms with van der Waals surface area (Å²) >= 11 is 0. The number of fused-ring (bicyclic) bond motifs is 1. The summed E-state index contributed by atoms with van der Waals surface area (Å²) in [7, 11) is 0. The maximum Gasteiger partial charge on any atom is 0.290 e. The molecule has 0 amide bonds. The largest absolute Gasteiger partial charge is 0.430 e. The first kappa shape index (κ1) is 11.6. The summed E-state index contributed by atoms with van der Waals surface area (Å²) in [6.07, 6.45) is 0. The van der Waals surface area contributed by atoms with Crippen molar-refractivity contribution in [3.8, 4) is 11.1 Å². The molecule has 0 aliphatic heterocycles. The van der Waals surface area contributed by atoms with E-state index in [1.165, 1.54) is 12.1 Å². The van der Waals surface area contributed by atoms with E-state index in [0.29, 0.717) is 5.56 Å². The van der Waals surface area contributed by atoms with Crippen LogP contribution in [0.3, 0.4) is 0 Å². The maximum atomic E-state index is 13.9. The molecule has 0 saturated heterocycles. The molecule has 0 saturated carbocycles. The van der Waals surface area contributed by atoms with Crippen LogP contribution in [0.2, 0.25) is 0 Å². The maximum absolute atomic E-state index is 13.9. The highest BCUT2D eigenvalue weighted by molar-refractivity contribution is 5.82. The zero-order chi connectivity index (χ0) is 13.4. The quantitative estimate of drug-likeness (QED) is 0.665. The third kappa shape index (κ3) is 1.81. The fourth-order valence-electron chi connectivity index (χ4n) is 2.02. The van der Waals surface area contributed by atoms with E-state index < -0.39 is 17.3 Å². The van der Waals surface area contributed by atoms with Gasteiger partial charge in [0.2, 0.25) is 5.43 Å². The summed E-state index contributed by atoms with van der Waals surface area (Å²) in [5.41, 5.74) is -0.692. The lowest BCUT2D eigenvalue weighted by molar-refractivity contribution is 0.373. The number of halogens is 2. The van der Waals surface area contributed by atoms with Crippen molar-refractivity contribution in [1.29, 1.82) is 0 Å². The Balaban J connectivity index is 2.45. The summed E-state index contributed by atoms with van der Waals surface area (Å²) in [5, 5.41) is -0.234. The van der Waals surface area contributed by atoms with Crippen LogP contribution in [-0.4, -0.2) is 0 Å². The number of rotatable bonds is 1. The molecule has 94 valence electrons. The molecule has 2 nitrogen and oxygen atoms in total. The van der Waals surface area contributed by atoms with Crippen molar-refractivity contribution in [1.82, 2.24) is 0 Å². The van der Waals surface area contributed by atoms with Crippen LogP contribution >= 0.6 is 0 Å². The minimum absolute atomic E-state index is 0.0952. The van der Waals surface area contributed by atoms with E-state index in [1.54, 1.807) is 30.3 Å². The van der Waals surface area contributed by atoms with Crippen molar-refractivity contribution in [2.24, 2.45) is 0 Å². The highest BCUT2D eigenvalue weighted by atomic mass is 19.1. The van der Waals surface area contributed by atoms with Crippen LogP contribution in [0.15, 0.2) is 57.7 Å². The Morgan fingerprint density at radius 1 is 0.895 bits per heavy atom. The van der Waals surface area contributed by atoms with Crippen molar-refractivity contribution in [3.05, 3.63) is 70.6 Å². The molecule has 0 aliphatic rings. The van der Waals surface area contributed by atoms with Gasteiger partial charge in [0.25, 0.3) is 6.01 Å². The average Bonchev–Trinajstić information content (AvgIpc) is 2.39. The van der Waals surface area contributed by atoms with E-state index in [-0.39, 0.29) is 16.5 Å². The molecular weight excluding hydrogens is 250 g/mol. The second kappa shape index (κ2) is 4.31. The van der Waals surface area contributed by atoms with Gasteiger partial charge in [0.15, 0.2) is 0 Å². The molecule has 0 fully saturated rings. The molecule has 1 heterocycles. The Labute approximate surface area is 106 Å². The Hall–Kier alpha value is -2.49. The molecular formula is C15H8F2O2. The lowest BCUT2D eigenvalue weighted by Crippen LogP contribution is -2.09. The van der Waals surface area contributed by atoms with Gasteiger partial charge in [-0.1, -0.05) is 36.4 Å². The van der Waals surface area contributed by atoms with E-state index in [1.807, 2.05) is 0 Å². The van der Waals surface area contributed by atoms with Crippen LogP contribution in [-0.2, 0) is 0 Å². The van der Waals surface area contributed by atoms with Gasteiger partial charge < -0.3 is 4.42 Å². The van der Waals surface area contributed by atoms with Gasteiger partial charge in [0.1, 0.15) is 22.3 Å². The first-order valence-electron chi connectivity index (χ1n) is 5.65. The number of hydrogen-bond donors (Lipinski definition) is 0. The van der Waals surface area contributed by atoms with Crippen LogP contribution in [0, 0.1) is 11.8 Å².